The molecule has 20 heavy (non-hydrogen) atoms. The van der Waals surface area contributed by atoms with E-state index in [1.54, 1.807) is 0 Å². The zero-order chi connectivity index (χ0) is 14.5. The monoisotopic (exact) mass is 332 g/mol. The lowest BCUT2D eigenvalue weighted by atomic mass is 10.1. The van der Waals surface area contributed by atoms with E-state index >= 15 is 0 Å². The number of carbonyl (C=O) groups excluding carboxylic acids is 1. The highest BCUT2D eigenvalue weighted by Gasteiger charge is 1.99. The molecule has 0 saturated heterocycles. The van der Waals surface area contributed by atoms with E-state index in [4.69, 9.17) is 0 Å². The third kappa shape index (κ3) is 4.10. The molecule has 0 aliphatic rings. The van der Waals surface area contributed by atoms with E-state index in [0.717, 1.165) is 22.4 Å². The van der Waals surface area contributed by atoms with Gasteiger partial charge in [0.1, 0.15) is 0 Å². The molecule has 0 aliphatic carbocycles. The van der Waals surface area contributed by atoms with Gasteiger partial charge in [0.2, 0.25) is 5.91 Å². The molecule has 0 bridgehead atoms. The van der Waals surface area contributed by atoms with Crippen LogP contribution in [0.4, 0.5) is 11.4 Å². The van der Waals surface area contributed by atoms with Crippen LogP contribution in [0.25, 0.3) is 0 Å². The second-order valence-corrected chi connectivity index (χ2v) is 5.55. The summed E-state index contributed by atoms with van der Waals surface area (Å²) in [4.78, 5) is 10.9. The minimum Gasteiger partial charge on any atom is -0.381 e. The second-order valence-electron chi connectivity index (χ2n) is 4.70. The van der Waals surface area contributed by atoms with Crippen LogP contribution in [0.1, 0.15) is 18.1 Å². The van der Waals surface area contributed by atoms with Gasteiger partial charge in [0.05, 0.1) is 0 Å². The summed E-state index contributed by atoms with van der Waals surface area (Å²) < 4.78 is 1.12. The molecular weight excluding hydrogens is 316 g/mol. The summed E-state index contributed by atoms with van der Waals surface area (Å²) in [6.07, 6.45) is 0. The van der Waals surface area contributed by atoms with Gasteiger partial charge in [-0.25, -0.2) is 0 Å². The van der Waals surface area contributed by atoms with Crippen molar-refractivity contribution >= 4 is 33.2 Å². The molecule has 2 rings (SSSR count). The van der Waals surface area contributed by atoms with E-state index in [-0.39, 0.29) is 5.91 Å². The lowest BCUT2D eigenvalue weighted by Gasteiger charge is -2.09. The van der Waals surface area contributed by atoms with E-state index in [1.807, 2.05) is 24.3 Å². The highest BCUT2D eigenvalue weighted by molar-refractivity contribution is 9.10. The molecule has 2 N–H and O–H groups in total. The number of rotatable bonds is 4. The Balaban J connectivity index is 1.96. The van der Waals surface area contributed by atoms with Gasteiger partial charge in [0.15, 0.2) is 0 Å². The predicted molar refractivity (Wildman–Crippen MR) is 87.0 cm³/mol. The molecule has 0 aliphatic heterocycles. The largest absolute Gasteiger partial charge is 0.381 e. The van der Waals surface area contributed by atoms with Crippen molar-refractivity contribution in [2.45, 2.75) is 20.4 Å². The number of carbonyl (C=O) groups is 1. The van der Waals surface area contributed by atoms with Crippen LogP contribution in [-0.4, -0.2) is 5.91 Å². The Hall–Kier alpha value is -1.81. The molecule has 1 amide bonds. The maximum atomic E-state index is 10.9. The Labute approximate surface area is 127 Å². The minimum atomic E-state index is -0.0600. The number of amides is 1. The number of hydrogen-bond donors (Lipinski definition) is 2. The van der Waals surface area contributed by atoms with E-state index in [1.165, 1.54) is 18.1 Å². The molecule has 0 saturated carbocycles. The van der Waals surface area contributed by atoms with Crippen LogP contribution in [0.5, 0.6) is 0 Å². The van der Waals surface area contributed by atoms with Gasteiger partial charge < -0.3 is 10.6 Å². The van der Waals surface area contributed by atoms with E-state index in [9.17, 15) is 4.79 Å². The Morgan fingerprint density at radius 1 is 1.10 bits per heavy atom. The average Bonchev–Trinajstić information content (AvgIpc) is 2.41. The Morgan fingerprint density at radius 3 is 2.35 bits per heavy atom. The van der Waals surface area contributed by atoms with Gasteiger partial charge in [-0.1, -0.05) is 28.1 Å². The van der Waals surface area contributed by atoms with Gasteiger partial charge in [-0.2, -0.15) is 0 Å². The average molecular weight is 333 g/mol. The Kier molecular flexibility index (Phi) is 4.79. The van der Waals surface area contributed by atoms with Crippen molar-refractivity contribution in [2.75, 3.05) is 10.6 Å². The first-order valence-electron chi connectivity index (χ1n) is 6.41. The minimum absolute atomic E-state index is 0.0600. The summed E-state index contributed by atoms with van der Waals surface area (Å²) in [6.45, 7) is 4.34. The van der Waals surface area contributed by atoms with Crippen molar-refractivity contribution in [3.8, 4) is 0 Å². The van der Waals surface area contributed by atoms with Gasteiger partial charge in [0.25, 0.3) is 0 Å². The molecule has 0 atom stereocenters. The molecule has 0 heterocycles. The van der Waals surface area contributed by atoms with Crippen LogP contribution >= 0.6 is 15.9 Å². The molecule has 0 unspecified atom stereocenters. The molecule has 2 aromatic carbocycles. The van der Waals surface area contributed by atoms with E-state index < -0.39 is 0 Å². The van der Waals surface area contributed by atoms with Gasteiger partial charge in [-0.3, -0.25) is 4.79 Å². The topological polar surface area (TPSA) is 41.1 Å². The Morgan fingerprint density at radius 2 is 1.75 bits per heavy atom. The standard InChI is InChI=1S/C16H17BrN2O/c1-11-3-4-13(9-16(11)17)10-18-14-5-7-15(8-6-14)19-12(2)20/h3-9,18H,10H2,1-2H3,(H,19,20). The van der Waals surface area contributed by atoms with E-state index in [0.29, 0.717) is 0 Å². The molecule has 4 heteroatoms. The molecular formula is C16H17BrN2O. The smallest absolute Gasteiger partial charge is 0.221 e. The summed E-state index contributed by atoms with van der Waals surface area (Å²) in [6, 6.07) is 14.0. The van der Waals surface area contributed by atoms with Gasteiger partial charge in [0, 0.05) is 29.3 Å². The van der Waals surface area contributed by atoms with Crippen molar-refractivity contribution < 1.29 is 4.79 Å². The first-order valence-corrected chi connectivity index (χ1v) is 7.20. The molecule has 2 aromatic rings. The predicted octanol–water partition coefficient (Wildman–Crippen LogP) is 4.33. The molecule has 0 fully saturated rings. The quantitative estimate of drug-likeness (QED) is 0.874. The summed E-state index contributed by atoms with van der Waals surface area (Å²) in [5, 5.41) is 6.10. The van der Waals surface area contributed by atoms with E-state index in [2.05, 4.69) is 51.7 Å². The van der Waals surface area contributed by atoms with Crippen molar-refractivity contribution in [1.82, 2.24) is 0 Å². The fourth-order valence-electron chi connectivity index (χ4n) is 1.83. The summed E-state index contributed by atoms with van der Waals surface area (Å²) >= 11 is 3.54. The van der Waals surface area contributed by atoms with Crippen molar-refractivity contribution in [1.29, 1.82) is 0 Å². The summed E-state index contributed by atoms with van der Waals surface area (Å²) in [5.41, 5.74) is 4.28. The van der Waals surface area contributed by atoms with Crippen LogP contribution in [0, 0.1) is 6.92 Å². The molecule has 0 radical (unpaired) electrons. The number of aryl methyl sites for hydroxylation is 1. The van der Waals surface area contributed by atoms with Crippen LogP contribution in [0.15, 0.2) is 46.9 Å². The molecule has 0 aromatic heterocycles. The van der Waals surface area contributed by atoms with Gasteiger partial charge in [-0.15, -0.1) is 0 Å². The number of halogens is 1. The normalized spacial score (nSPS) is 10.2. The number of nitrogens with one attached hydrogen (secondary N) is 2. The maximum absolute atomic E-state index is 10.9. The fraction of sp³-hybridized carbons (Fsp3) is 0.188. The number of hydrogen-bond acceptors (Lipinski definition) is 2. The molecule has 3 nitrogen and oxygen atoms in total. The third-order valence-corrected chi connectivity index (χ3v) is 3.79. The molecule has 0 spiro atoms. The lowest BCUT2D eigenvalue weighted by Crippen LogP contribution is -2.05. The van der Waals surface area contributed by atoms with Crippen molar-refractivity contribution in [2.24, 2.45) is 0 Å². The number of benzene rings is 2. The first-order chi connectivity index (χ1) is 9.54. The zero-order valence-electron chi connectivity index (χ0n) is 11.5. The SMILES string of the molecule is CC(=O)Nc1ccc(NCc2ccc(C)c(Br)c2)cc1. The maximum Gasteiger partial charge on any atom is 0.221 e. The third-order valence-electron chi connectivity index (χ3n) is 2.94. The van der Waals surface area contributed by atoms with Gasteiger partial charge >= 0.3 is 0 Å². The molecule has 104 valence electrons. The highest BCUT2D eigenvalue weighted by atomic mass is 79.9. The van der Waals surface area contributed by atoms with Crippen LogP contribution in [0.2, 0.25) is 0 Å². The lowest BCUT2D eigenvalue weighted by molar-refractivity contribution is -0.114. The van der Waals surface area contributed by atoms with Crippen LogP contribution < -0.4 is 10.6 Å². The number of anilines is 2. The second kappa shape index (κ2) is 6.57. The van der Waals surface area contributed by atoms with Crippen LogP contribution in [0.3, 0.4) is 0 Å². The summed E-state index contributed by atoms with van der Waals surface area (Å²) in [7, 11) is 0. The highest BCUT2D eigenvalue weighted by Crippen LogP contribution is 2.19. The van der Waals surface area contributed by atoms with Crippen molar-refractivity contribution in [3.05, 3.63) is 58.1 Å². The Bertz CT molecular complexity index is 608. The van der Waals surface area contributed by atoms with Crippen molar-refractivity contribution in [3.63, 3.8) is 0 Å². The van der Waals surface area contributed by atoms with Crippen LogP contribution in [-0.2, 0) is 11.3 Å². The summed E-state index contributed by atoms with van der Waals surface area (Å²) in [5.74, 6) is -0.0600. The fourth-order valence-corrected chi connectivity index (χ4v) is 2.25. The first kappa shape index (κ1) is 14.6. The zero-order valence-corrected chi connectivity index (χ0v) is 13.1. The van der Waals surface area contributed by atoms with Gasteiger partial charge in [-0.05, 0) is 48.4 Å².